The third-order valence-electron chi connectivity index (χ3n) is 3.70. The Kier molecular flexibility index (Phi) is 4.42. The lowest BCUT2D eigenvalue weighted by atomic mass is 10.0. The molecular formula is C16H11Cl2N3O3. The molecule has 0 fully saturated rings. The monoisotopic (exact) mass is 363 g/mol. The Morgan fingerprint density at radius 1 is 1.08 bits per heavy atom. The molecule has 1 heterocycles. The van der Waals surface area contributed by atoms with Gasteiger partial charge >= 0.3 is 0 Å². The van der Waals surface area contributed by atoms with Crippen LogP contribution in [0.1, 0.15) is 17.0 Å². The summed E-state index contributed by atoms with van der Waals surface area (Å²) in [5.41, 5.74) is 2.08. The van der Waals surface area contributed by atoms with Gasteiger partial charge in [-0.3, -0.25) is 9.69 Å². The molecule has 0 saturated carbocycles. The van der Waals surface area contributed by atoms with Gasteiger partial charge in [-0.25, -0.2) is 0 Å². The Morgan fingerprint density at radius 2 is 1.79 bits per heavy atom. The molecule has 24 heavy (non-hydrogen) atoms. The second-order valence-electron chi connectivity index (χ2n) is 5.05. The molecule has 1 aliphatic heterocycles. The summed E-state index contributed by atoms with van der Waals surface area (Å²) in [5, 5.41) is 24.2. The van der Waals surface area contributed by atoms with Gasteiger partial charge in [-0.15, -0.1) is 5.16 Å². The van der Waals surface area contributed by atoms with Crippen LogP contribution in [0.4, 0.5) is 11.4 Å². The number of hydrogen-bond acceptors (Lipinski definition) is 5. The largest absolute Gasteiger partial charge is 0.411 e. The molecule has 0 bridgehead atoms. The Labute approximate surface area is 147 Å². The predicted molar refractivity (Wildman–Crippen MR) is 92.4 cm³/mol. The van der Waals surface area contributed by atoms with Crippen LogP contribution < -0.4 is 4.90 Å². The molecule has 2 aromatic rings. The number of hydrogen-bond donors (Lipinski definition) is 2. The fourth-order valence-electron chi connectivity index (χ4n) is 2.70. The minimum atomic E-state index is -0.766. The highest BCUT2D eigenvalue weighted by Gasteiger charge is 2.39. The maximum absolute atomic E-state index is 12.8. The van der Waals surface area contributed by atoms with E-state index in [9.17, 15) is 4.79 Å². The van der Waals surface area contributed by atoms with Gasteiger partial charge in [0.25, 0.3) is 0 Å². The first-order chi connectivity index (χ1) is 11.6. The first kappa shape index (κ1) is 16.3. The molecule has 8 heteroatoms. The highest BCUT2D eigenvalue weighted by Crippen LogP contribution is 2.46. The molecule has 0 spiro atoms. The van der Waals surface area contributed by atoms with Gasteiger partial charge in [-0.1, -0.05) is 46.6 Å². The molecule has 2 aromatic carbocycles. The Hall–Kier alpha value is -2.57. The molecule has 122 valence electrons. The Morgan fingerprint density at radius 3 is 2.42 bits per heavy atom. The number of benzene rings is 2. The van der Waals surface area contributed by atoms with Gasteiger partial charge in [0.15, 0.2) is 0 Å². The van der Waals surface area contributed by atoms with Crippen LogP contribution in [0, 0.1) is 0 Å². The van der Waals surface area contributed by atoms with Crippen LogP contribution in [0.25, 0.3) is 0 Å². The smallest absolute Gasteiger partial charge is 0.244 e. The van der Waals surface area contributed by atoms with Gasteiger partial charge in [0, 0.05) is 0 Å². The number of rotatable bonds is 3. The lowest BCUT2D eigenvalue weighted by Gasteiger charge is -2.20. The van der Waals surface area contributed by atoms with E-state index >= 15 is 0 Å². The van der Waals surface area contributed by atoms with Gasteiger partial charge in [0.1, 0.15) is 5.92 Å². The number of carbonyl (C=O) groups is 1. The number of carbonyl (C=O) groups excluding carboxylic acids is 1. The van der Waals surface area contributed by atoms with Gasteiger partial charge in [-0.2, -0.15) is 0 Å². The van der Waals surface area contributed by atoms with Crippen molar-refractivity contribution in [1.82, 2.24) is 0 Å². The third kappa shape index (κ3) is 2.60. The first-order valence-corrected chi connectivity index (χ1v) is 7.61. The van der Waals surface area contributed by atoms with Gasteiger partial charge in [-0.05, 0) is 29.3 Å². The van der Waals surface area contributed by atoms with Crippen molar-refractivity contribution in [3.8, 4) is 0 Å². The van der Waals surface area contributed by atoms with E-state index in [4.69, 9.17) is 33.6 Å². The van der Waals surface area contributed by atoms with Crippen LogP contribution in [-0.4, -0.2) is 28.8 Å². The fraction of sp³-hybridized carbons (Fsp3) is 0.0625. The molecule has 3 rings (SSSR count). The zero-order chi connectivity index (χ0) is 17.3. The minimum Gasteiger partial charge on any atom is -0.411 e. The van der Waals surface area contributed by atoms with E-state index in [0.717, 1.165) is 6.21 Å². The van der Waals surface area contributed by atoms with Crippen molar-refractivity contribution in [3.63, 3.8) is 0 Å². The number of para-hydroxylation sites is 1. The third-order valence-corrected chi connectivity index (χ3v) is 4.31. The molecule has 0 aromatic heterocycles. The molecule has 1 amide bonds. The Bertz CT molecular complexity index is 847. The van der Waals surface area contributed by atoms with Crippen molar-refractivity contribution >= 4 is 52.9 Å². The van der Waals surface area contributed by atoms with Crippen molar-refractivity contribution in [1.29, 1.82) is 0 Å². The minimum absolute atomic E-state index is 0.310. The number of oxime groups is 2. The van der Waals surface area contributed by atoms with Crippen LogP contribution in [0.3, 0.4) is 0 Å². The molecular weight excluding hydrogens is 353 g/mol. The number of nitrogens with zero attached hydrogens (tertiary/aromatic N) is 3. The summed E-state index contributed by atoms with van der Waals surface area (Å²) in [6, 6.07) is 9.97. The van der Waals surface area contributed by atoms with Crippen LogP contribution in [0.15, 0.2) is 46.7 Å². The number of anilines is 2. The van der Waals surface area contributed by atoms with E-state index in [2.05, 4.69) is 10.3 Å². The summed E-state index contributed by atoms with van der Waals surface area (Å²) >= 11 is 12.5. The number of fused-ring (bicyclic) bond motifs is 1. The van der Waals surface area contributed by atoms with Crippen molar-refractivity contribution in [3.05, 3.63) is 57.6 Å². The summed E-state index contributed by atoms with van der Waals surface area (Å²) in [6.07, 6.45) is 2.39. The highest BCUT2D eigenvalue weighted by molar-refractivity contribution is 6.41. The van der Waals surface area contributed by atoms with E-state index in [0.29, 0.717) is 32.5 Å². The second kappa shape index (κ2) is 6.51. The van der Waals surface area contributed by atoms with Gasteiger partial charge < -0.3 is 10.4 Å². The molecule has 1 unspecified atom stereocenters. The van der Waals surface area contributed by atoms with Crippen LogP contribution >= 0.6 is 23.2 Å². The molecule has 0 radical (unpaired) electrons. The van der Waals surface area contributed by atoms with E-state index in [1.165, 1.54) is 11.1 Å². The summed E-state index contributed by atoms with van der Waals surface area (Å²) in [5.74, 6) is -1.12. The molecule has 2 N–H and O–H groups in total. The summed E-state index contributed by atoms with van der Waals surface area (Å²) in [7, 11) is 0. The average Bonchev–Trinajstić information content (AvgIpc) is 2.81. The summed E-state index contributed by atoms with van der Waals surface area (Å²) in [4.78, 5) is 14.2. The SMILES string of the molecule is O=C1C(/C=N/O)c2ccc(/C=N/O)cc2N1c1c(Cl)cccc1Cl. The van der Waals surface area contributed by atoms with E-state index in [-0.39, 0.29) is 5.91 Å². The second-order valence-corrected chi connectivity index (χ2v) is 5.86. The van der Waals surface area contributed by atoms with Gasteiger partial charge in [0.05, 0.1) is 33.8 Å². The molecule has 6 nitrogen and oxygen atoms in total. The van der Waals surface area contributed by atoms with E-state index < -0.39 is 5.92 Å². The maximum atomic E-state index is 12.8. The molecule has 1 atom stereocenters. The summed E-state index contributed by atoms with van der Waals surface area (Å²) in [6.45, 7) is 0. The van der Waals surface area contributed by atoms with Crippen molar-refractivity contribution < 1.29 is 15.2 Å². The molecule has 0 saturated heterocycles. The first-order valence-electron chi connectivity index (χ1n) is 6.85. The van der Waals surface area contributed by atoms with Crippen molar-refractivity contribution in [2.45, 2.75) is 5.92 Å². The van der Waals surface area contributed by atoms with Gasteiger partial charge in [0.2, 0.25) is 5.91 Å². The fourth-order valence-corrected chi connectivity index (χ4v) is 3.27. The lowest BCUT2D eigenvalue weighted by Crippen LogP contribution is -2.25. The van der Waals surface area contributed by atoms with Crippen LogP contribution in [0.2, 0.25) is 10.0 Å². The van der Waals surface area contributed by atoms with Crippen LogP contribution in [-0.2, 0) is 4.79 Å². The predicted octanol–water partition coefficient (Wildman–Crippen LogP) is 4.02. The maximum Gasteiger partial charge on any atom is 0.244 e. The quantitative estimate of drug-likeness (QED) is 0.490. The Balaban J connectivity index is 2.25. The topological polar surface area (TPSA) is 85.5 Å². The van der Waals surface area contributed by atoms with E-state index in [1.54, 1.807) is 36.4 Å². The highest BCUT2D eigenvalue weighted by atomic mass is 35.5. The number of amides is 1. The molecule has 1 aliphatic rings. The van der Waals surface area contributed by atoms with E-state index in [1.807, 2.05) is 0 Å². The van der Waals surface area contributed by atoms with Crippen molar-refractivity contribution in [2.75, 3.05) is 4.90 Å². The standard InChI is InChI=1S/C16H11Cl2N3O3/c17-12-2-1-3-13(18)15(12)21-14-6-9(7-19-23)4-5-10(14)11(8-20-24)16(21)22/h1-8,11,23-24H/b19-7+,20-8+. The normalized spacial score (nSPS) is 17.2. The summed E-state index contributed by atoms with van der Waals surface area (Å²) < 4.78 is 0. The lowest BCUT2D eigenvalue weighted by molar-refractivity contribution is -0.117. The zero-order valence-corrected chi connectivity index (χ0v) is 13.6. The number of halogens is 2. The average molecular weight is 364 g/mol. The van der Waals surface area contributed by atoms with Crippen molar-refractivity contribution in [2.24, 2.45) is 10.3 Å². The van der Waals surface area contributed by atoms with Crippen LogP contribution in [0.5, 0.6) is 0 Å². The zero-order valence-electron chi connectivity index (χ0n) is 12.1. The molecule has 0 aliphatic carbocycles.